The van der Waals surface area contributed by atoms with Gasteiger partial charge in [0.25, 0.3) is 0 Å². The van der Waals surface area contributed by atoms with Crippen molar-refractivity contribution in [3.05, 3.63) is 60.2 Å². The number of fused-ring (bicyclic) bond motifs is 2. The number of carboxylic acids is 4. The Morgan fingerprint density at radius 3 is 1.71 bits per heavy atom. The SMILES string of the molecule is CN1[C@@H](c2ccccn2)C2(C(=O)O)CN([C@@H](CCC(=O)O)C(=O)O)CC(C(=O)O)(C2O)[C@H]1c1ccccn1. The van der Waals surface area contributed by atoms with E-state index in [-0.39, 0.29) is 11.4 Å². The van der Waals surface area contributed by atoms with Crippen LogP contribution in [-0.4, -0.2) is 101 Å². The third-order valence-electron chi connectivity index (χ3n) is 7.79. The van der Waals surface area contributed by atoms with Gasteiger partial charge in [-0.15, -0.1) is 0 Å². The molecule has 0 radical (unpaired) electrons. The average molecular weight is 529 g/mol. The van der Waals surface area contributed by atoms with Gasteiger partial charge < -0.3 is 25.5 Å². The number of likely N-dealkylation sites (tertiary alicyclic amines) is 2. The van der Waals surface area contributed by atoms with Crippen LogP contribution < -0.4 is 0 Å². The van der Waals surface area contributed by atoms with Gasteiger partial charge in [-0.05, 0) is 37.7 Å². The molecule has 2 aromatic heterocycles. The number of piperidine rings is 2. The second-order valence-corrected chi connectivity index (χ2v) is 9.76. The molecule has 3 unspecified atom stereocenters. The maximum Gasteiger partial charge on any atom is 0.320 e. The third-order valence-corrected chi connectivity index (χ3v) is 7.79. The molecule has 2 bridgehead atoms. The average Bonchev–Trinajstić information content (AvgIpc) is 2.86. The minimum Gasteiger partial charge on any atom is -0.481 e. The van der Waals surface area contributed by atoms with Crippen LogP contribution in [0.5, 0.6) is 0 Å². The number of hydrogen-bond acceptors (Lipinski definition) is 9. The molecule has 0 amide bonds. The molecule has 2 aromatic rings. The summed E-state index contributed by atoms with van der Waals surface area (Å²) in [5.41, 5.74) is -4.03. The Kier molecular flexibility index (Phi) is 7.19. The fourth-order valence-corrected chi connectivity index (χ4v) is 6.27. The van der Waals surface area contributed by atoms with Crippen molar-refractivity contribution in [1.82, 2.24) is 19.8 Å². The zero-order valence-electron chi connectivity index (χ0n) is 20.4. The van der Waals surface area contributed by atoms with Crippen molar-refractivity contribution in [2.75, 3.05) is 20.1 Å². The van der Waals surface area contributed by atoms with Gasteiger partial charge in [-0.1, -0.05) is 12.1 Å². The van der Waals surface area contributed by atoms with Gasteiger partial charge in [-0.25, -0.2) is 0 Å². The van der Waals surface area contributed by atoms with E-state index in [4.69, 9.17) is 0 Å². The van der Waals surface area contributed by atoms with Gasteiger partial charge >= 0.3 is 23.9 Å². The fourth-order valence-electron chi connectivity index (χ4n) is 6.27. The highest BCUT2D eigenvalue weighted by molar-refractivity contribution is 5.85. The Morgan fingerprint density at radius 2 is 1.37 bits per heavy atom. The van der Waals surface area contributed by atoms with Crippen molar-refractivity contribution in [2.45, 2.75) is 37.1 Å². The Hall–Kier alpha value is -3.94. The van der Waals surface area contributed by atoms with E-state index in [2.05, 4.69) is 9.97 Å². The molecule has 38 heavy (non-hydrogen) atoms. The lowest BCUT2D eigenvalue weighted by Gasteiger charge is -2.64. The van der Waals surface area contributed by atoms with E-state index in [0.29, 0.717) is 0 Å². The van der Waals surface area contributed by atoms with Crippen LogP contribution in [0.25, 0.3) is 0 Å². The number of nitrogens with zero attached hydrogens (tertiary/aromatic N) is 4. The molecule has 0 spiro atoms. The summed E-state index contributed by atoms with van der Waals surface area (Å²) in [5.74, 6) is -5.76. The van der Waals surface area contributed by atoms with Crippen LogP contribution in [-0.2, 0) is 19.2 Å². The van der Waals surface area contributed by atoms with Crippen molar-refractivity contribution in [3.8, 4) is 0 Å². The molecule has 0 saturated carbocycles. The van der Waals surface area contributed by atoms with Gasteiger partial charge in [0, 0.05) is 31.9 Å². The lowest BCUT2D eigenvalue weighted by molar-refractivity contribution is -0.250. The fraction of sp³-hybridized carbons (Fsp3) is 0.440. The Bertz CT molecular complexity index is 1150. The first-order chi connectivity index (χ1) is 18.0. The number of aliphatic hydroxyl groups is 1. The lowest BCUT2D eigenvalue weighted by Crippen LogP contribution is -2.78. The number of aromatic nitrogens is 2. The number of hydrogen-bond donors (Lipinski definition) is 5. The van der Waals surface area contributed by atoms with Crippen molar-refractivity contribution < 1.29 is 44.7 Å². The standard InChI is InChI=1S/C25H28N4O9/c1-28-18(14-6-2-4-10-26-14)24(22(35)36)12-29(16(20(32)33)8-9-17(30)31)13-25(21(24)34,23(37)38)19(28)15-7-3-5-11-27-15/h2-7,10-11,16,18-19,21,34H,8-9,12-13H2,1H3,(H,30,31)(H,32,33)(H,35,36)(H,37,38)/t16-,18-,19+,21?,24?,25?/m0/s1. The van der Waals surface area contributed by atoms with Crippen LogP contribution in [0.3, 0.4) is 0 Å². The summed E-state index contributed by atoms with van der Waals surface area (Å²) in [7, 11) is 1.54. The number of carbonyl (C=O) groups is 4. The molecule has 202 valence electrons. The molecule has 0 aliphatic carbocycles. The van der Waals surface area contributed by atoms with E-state index in [1.807, 2.05) is 0 Å². The highest BCUT2D eigenvalue weighted by atomic mass is 16.4. The molecule has 2 saturated heterocycles. The Labute approximate surface area is 217 Å². The van der Waals surface area contributed by atoms with E-state index in [1.54, 1.807) is 36.4 Å². The second-order valence-electron chi connectivity index (χ2n) is 9.76. The highest BCUT2D eigenvalue weighted by Crippen LogP contribution is 2.62. The topological polar surface area (TPSA) is 202 Å². The number of aliphatic carboxylic acids is 4. The van der Waals surface area contributed by atoms with Crippen LogP contribution in [0, 0.1) is 10.8 Å². The predicted molar refractivity (Wildman–Crippen MR) is 128 cm³/mol. The second kappa shape index (κ2) is 10.1. The highest BCUT2D eigenvalue weighted by Gasteiger charge is 2.75. The molecule has 0 aromatic carbocycles. The van der Waals surface area contributed by atoms with Gasteiger partial charge in [-0.3, -0.25) is 38.9 Å². The summed E-state index contributed by atoms with van der Waals surface area (Å²) in [6, 6.07) is 5.68. The Balaban J connectivity index is 2.02. The molecule has 2 fully saturated rings. The van der Waals surface area contributed by atoms with E-state index >= 15 is 0 Å². The summed E-state index contributed by atoms with van der Waals surface area (Å²) in [4.78, 5) is 61.2. The molecule has 2 aliphatic rings. The minimum absolute atomic E-state index is 0.232. The minimum atomic E-state index is -2.25. The molecule has 4 rings (SSSR count). The maximum atomic E-state index is 13.1. The lowest BCUT2D eigenvalue weighted by atomic mass is 9.53. The van der Waals surface area contributed by atoms with Gasteiger partial charge in [0.05, 0.1) is 29.6 Å². The first kappa shape index (κ1) is 27.1. The molecule has 13 nitrogen and oxygen atoms in total. The summed E-state index contributed by atoms with van der Waals surface area (Å²) in [6.07, 6.45) is -0.0557. The summed E-state index contributed by atoms with van der Waals surface area (Å²) in [5, 5.41) is 52.4. The summed E-state index contributed by atoms with van der Waals surface area (Å²) < 4.78 is 0. The molecule has 6 atom stereocenters. The van der Waals surface area contributed by atoms with Crippen LogP contribution in [0.2, 0.25) is 0 Å². The zero-order chi connectivity index (χ0) is 27.8. The molecule has 5 N–H and O–H groups in total. The largest absolute Gasteiger partial charge is 0.481 e. The maximum absolute atomic E-state index is 13.1. The van der Waals surface area contributed by atoms with Gasteiger partial charge in [0.1, 0.15) is 16.9 Å². The van der Waals surface area contributed by atoms with E-state index in [9.17, 15) is 44.7 Å². The van der Waals surface area contributed by atoms with Crippen molar-refractivity contribution >= 4 is 23.9 Å². The zero-order valence-corrected chi connectivity index (χ0v) is 20.4. The van der Waals surface area contributed by atoms with Crippen LogP contribution in [0.1, 0.15) is 36.3 Å². The number of carboxylic acid groups (broad SMARTS) is 4. The predicted octanol–water partition coefficient (Wildman–Crippen LogP) is 0.341. The summed E-state index contributed by atoms with van der Waals surface area (Å²) in [6.45, 7) is -1.12. The first-order valence-corrected chi connectivity index (χ1v) is 11.9. The monoisotopic (exact) mass is 528 g/mol. The van der Waals surface area contributed by atoms with Crippen LogP contribution >= 0.6 is 0 Å². The van der Waals surface area contributed by atoms with Crippen molar-refractivity contribution in [3.63, 3.8) is 0 Å². The van der Waals surface area contributed by atoms with Crippen LogP contribution in [0.15, 0.2) is 48.8 Å². The first-order valence-electron chi connectivity index (χ1n) is 11.9. The quantitative estimate of drug-likeness (QED) is 0.298. The molecule has 2 aliphatic heterocycles. The molecular formula is C25H28N4O9. The number of pyridine rings is 2. The number of aliphatic hydroxyl groups excluding tert-OH is 1. The van der Waals surface area contributed by atoms with E-state index < -0.39 is 84.9 Å². The molecule has 13 heteroatoms. The van der Waals surface area contributed by atoms with Crippen molar-refractivity contribution in [1.29, 1.82) is 0 Å². The van der Waals surface area contributed by atoms with Crippen LogP contribution in [0.4, 0.5) is 0 Å². The third kappa shape index (κ3) is 4.08. The van der Waals surface area contributed by atoms with E-state index in [1.165, 1.54) is 29.2 Å². The van der Waals surface area contributed by atoms with Crippen molar-refractivity contribution in [2.24, 2.45) is 10.8 Å². The smallest absolute Gasteiger partial charge is 0.320 e. The molecule has 4 heterocycles. The number of rotatable bonds is 9. The van der Waals surface area contributed by atoms with E-state index in [0.717, 1.165) is 0 Å². The molecular weight excluding hydrogens is 500 g/mol. The van der Waals surface area contributed by atoms with Gasteiger partial charge in [0.2, 0.25) is 0 Å². The normalized spacial score (nSPS) is 30.3. The summed E-state index contributed by atoms with van der Waals surface area (Å²) >= 11 is 0. The van der Waals surface area contributed by atoms with Gasteiger partial charge in [0.15, 0.2) is 0 Å². The van der Waals surface area contributed by atoms with Gasteiger partial charge in [-0.2, -0.15) is 0 Å². The Morgan fingerprint density at radius 1 is 0.895 bits per heavy atom.